The van der Waals surface area contributed by atoms with E-state index in [1.165, 1.54) is 80.2 Å². The fourth-order valence-electron chi connectivity index (χ4n) is 5.44. The molecule has 2 aliphatic carbocycles. The van der Waals surface area contributed by atoms with Gasteiger partial charge in [0.2, 0.25) is 0 Å². The zero-order valence-electron chi connectivity index (χ0n) is 16.3. The number of aryl methyl sites for hydroxylation is 1. The fraction of sp³-hybridized carbons (Fsp3) is 0.696. The third kappa shape index (κ3) is 3.25. The van der Waals surface area contributed by atoms with Crippen LogP contribution in [0.3, 0.4) is 0 Å². The van der Waals surface area contributed by atoms with E-state index in [0.29, 0.717) is 11.5 Å². The maximum absolute atomic E-state index is 6.44. The molecule has 0 saturated heterocycles. The van der Waals surface area contributed by atoms with Crippen LogP contribution in [0, 0.1) is 12.8 Å². The summed E-state index contributed by atoms with van der Waals surface area (Å²) in [5.41, 5.74) is 4.45. The largest absolute Gasteiger partial charge is 0.435 e. The van der Waals surface area contributed by atoms with Gasteiger partial charge in [0.1, 0.15) is 5.75 Å². The Morgan fingerprint density at radius 2 is 1.80 bits per heavy atom. The maximum Gasteiger partial charge on any atom is 0.287 e. The molecule has 25 heavy (non-hydrogen) atoms. The van der Waals surface area contributed by atoms with E-state index >= 15 is 0 Å². The molecule has 2 saturated carbocycles. The lowest BCUT2D eigenvalue weighted by Gasteiger charge is -2.36. The van der Waals surface area contributed by atoms with Crippen LogP contribution in [-0.2, 0) is 5.41 Å². The molecule has 1 aromatic rings. The zero-order chi connectivity index (χ0) is 17.4. The number of rotatable bonds is 2. The molecule has 136 valence electrons. The lowest BCUT2D eigenvalue weighted by molar-refractivity contribution is -0.601. The average Bonchev–Trinajstić information content (AvgIpc) is 2.61. The predicted octanol–water partition coefficient (Wildman–Crippen LogP) is 5.58. The standard InChI is InChI=1S/C23H34NO/c1-17-13-19-15-24(21-10-6-5-9-18(21)2)16-25-22(19)20(14-17)23(3)11-7-4-8-12-23/h13-15,18,21H,4-12,16H2,1-3H3/q+1. The molecule has 4 rings (SSSR count). The van der Waals surface area contributed by atoms with Crippen molar-refractivity contribution in [3.8, 4) is 5.75 Å². The van der Waals surface area contributed by atoms with Crippen LogP contribution in [0.25, 0.3) is 0 Å². The Hall–Kier alpha value is -1.31. The van der Waals surface area contributed by atoms with Gasteiger partial charge in [-0.1, -0.05) is 45.6 Å². The third-order valence-corrected chi connectivity index (χ3v) is 7.02. The Labute approximate surface area is 153 Å². The molecule has 1 aromatic carbocycles. The van der Waals surface area contributed by atoms with E-state index in [1.54, 1.807) is 0 Å². The molecule has 2 unspecified atom stereocenters. The molecule has 1 heterocycles. The first kappa shape index (κ1) is 17.1. The van der Waals surface area contributed by atoms with E-state index in [4.69, 9.17) is 4.74 Å². The quantitative estimate of drug-likeness (QED) is 0.640. The van der Waals surface area contributed by atoms with E-state index < -0.39 is 0 Å². The highest BCUT2D eigenvalue weighted by molar-refractivity contribution is 5.82. The second kappa shape index (κ2) is 6.78. The second-order valence-corrected chi connectivity index (χ2v) is 9.10. The molecule has 2 fully saturated rings. The average molecular weight is 341 g/mol. The summed E-state index contributed by atoms with van der Waals surface area (Å²) in [4.78, 5) is 0. The normalized spacial score (nSPS) is 28.7. The van der Waals surface area contributed by atoms with Gasteiger partial charge >= 0.3 is 0 Å². The summed E-state index contributed by atoms with van der Waals surface area (Å²) in [5.74, 6) is 1.95. The van der Waals surface area contributed by atoms with Crippen molar-refractivity contribution in [1.29, 1.82) is 0 Å². The van der Waals surface area contributed by atoms with Gasteiger partial charge in [-0.25, -0.2) is 0 Å². The third-order valence-electron chi connectivity index (χ3n) is 7.02. The highest BCUT2D eigenvalue weighted by Gasteiger charge is 2.37. The van der Waals surface area contributed by atoms with Crippen molar-refractivity contribution in [3.63, 3.8) is 0 Å². The van der Waals surface area contributed by atoms with Crippen molar-refractivity contribution in [1.82, 2.24) is 0 Å². The van der Waals surface area contributed by atoms with E-state index in [1.807, 2.05) is 0 Å². The fourth-order valence-corrected chi connectivity index (χ4v) is 5.44. The summed E-state index contributed by atoms with van der Waals surface area (Å²) in [6.07, 6.45) is 14.5. The van der Waals surface area contributed by atoms with Gasteiger partial charge in [0.05, 0.1) is 5.56 Å². The minimum absolute atomic E-state index is 0.294. The molecule has 0 bridgehead atoms. The van der Waals surface area contributed by atoms with Crippen LogP contribution >= 0.6 is 0 Å². The summed E-state index contributed by atoms with van der Waals surface area (Å²) >= 11 is 0. The van der Waals surface area contributed by atoms with E-state index in [-0.39, 0.29) is 0 Å². The number of hydrogen-bond acceptors (Lipinski definition) is 1. The predicted molar refractivity (Wildman–Crippen MR) is 104 cm³/mol. The molecule has 3 aliphatic rings. The Balaban J connectivity index is 1.71. The van der Waals surface area contributed by atoms with Crippen molar-refractivity contribution in [2.45, 2.75) is 90.0 Å². The van der Waals surface area contributed by atoms with Gasteiger partial charge in [0.25, 0.3) is 6.73 Å². The lowest BCUT2D eigenvalue weighted by atomic mass is 9.70. The van der Waals surface area contributed by atoms with Crippen LogP contribution in [0.4, 0.5) is 0 Å². The van der Waals surface area contributed by atoms with Crippen LogP contribution < -0.4 is 4.74 Å². The van der Waals surface area contributed by atoms with Gasteiger partial charge in [-0.2, -0.15) is 4.58 Å². The topological polar surface area (TPSA) is 12.2 Å². The Morgan fingerprint density at radius 3 is 2.56 bits per heavy atom. The molecule has 0 N–H and O–H groups in total. The molecule has 0 radical (unpaired) electrons. The molecule has 0 spiro atoms. The Kier molecular flexibility index (Phi) is 4.64. The monoisotopic (exact) mass is 340 g/mol. The molecular weight excluding hydrogens is 306 g/mol. The lowest BCUT2D eigenvalue weighted by Crippen LogP contribution is -2.40. The number of ether oxygens (including phenoxy) is 1. The highest BCUT2D eigenvalue weighted by atomic mass is 16.5. The molecule has 2 nitrogen and oxygen atoms in total. The van der Waals surface area contributed by atoms with Crippen molar-refractivity contribution >= 4 is 6.21 Å². The molecule has 0 aromatic heterocycles. The number of nitrogens with zero attached hydrogens (tertiary/aromatic N) is 1. The molecular formula is C23H34NO+. The summed E-state index contributed by atoms with van der Waals surface area (Å²) in [6, 6.07) is 5.37. The van der Waals surface area contributed by atoms with E-state index in [9.17, 15) is 0 Å². The van der Waals surface area contributed by atoms with E-state index in [0.717, 1.165) is 12.6 Å². The van der Waals surface area contributed by atoms with E-state index in [2.05, 4.69) is 43.7 Å². The Bertz CT molecular complexity index is 669. The van der Waals surface area contributed by atoms with Gasteiger partial charge in [0, 0.05) is 17.9 Å². The molecule has 1 aliphatic heterocycles. The summed E-state index contributed by atoms with van der Waals surface area (Å²) in [7, 11) is 0. The second-order valence-electron chi connectivity index (χ2n) is 9.10. The maximum atomic E-state index is 6.44. The van der Waals surface area contributed by atoms with Gasteiger partial charge in [0.15, 0.2) is 12.3 Å². The smallest absolute Gasteiger partial charge is 0.287 e. The summed E-state index contributed by atoms with van der Waals surface area (Å²) in [5, 5.41) is 0. The van der Waals surface area contributed by atoms with Gasteiger partial charge in [-0.3, -0.25) is 0 Å². The van der Waals surface area contributed by atoms with Crippen LogP contribution in [0.2, 0.25) is 0 Å². The van der Waals surface area contributed by atoms with Crippen LogP contribution in [0.15, 0.2) is 12.1 Å². The number of hydrogen-bond donors (Lipinski definition) is 0. The van der Waals surface area contributed by atoms with Crippen molar-refractivity contribution in [3.05, 3.63) is 28.8 Å². The first-order valence-electron chi connectivity index (χ1n) is 10.5. The van der Waals surface area contributed by atoms with Crippen molar-refractivity contribution < 1.29 is 9.31 Å². The molecule has 0 amide bonds. The van der Waals surface area contributed by atoms with Gasteiger partial charge in [-0.15, -0.1) is 0 Å². The summed E-state index contributed by atoms with van der Waals surface area (Å²) in [6.45, 7) is 7.85. The van der Waals surface area contributed by atoms with Crippen LogP contribution in [0.1, 0.15) is 88.3 Å². The number of benzene rings is 1. The zero-order valence-corrected chi connectivity index (χ0v) is 16.3. The SMILES string of the molecule is Cc1cc2c(c(C3(C)CCCCC3)c1)OC[N+](C1CCCCC1C)=C2. The summed E-state index contributed by atoms with van der Waals surface area (Å²) < 4.78 is 8.92. The van der Waals surface area contributed by atoms with Crippen molar-refractivity contribution in [2.75, 3.05) is 6.73 Å². The van der Waals surface area contributed by atoms with Gasteiger partial charge < -0.3 is 4.74 Å². The number of fused-ring (bicyclic) bond motifs is 1. The highest BCUT2D eigenvalue weighted by Crippen LogP contribution is 2.45. The van der Waals surface area contributed by atoms with Crippen LogP contribution in [-0.4, -0.2) is 23.6 Å². The Morgan fingerprint density at radius 1 is 1.04 bits per heavy atom. The minimum Gasteiger partial charge on any atom is -0.435 e. The minimum atomic E-state index is 0.294. The molecule has 2 heteroatoms. The van der Waals surface area contributed by atoms with Crippen molar-refractivity contribution in [2.24, 2.45) is 5.92 Å². The first-order chi connectivity index (χ1) is 12.1. The molecule has 2 atom stereocenters. The van der Waals surface area contributed by atoms with Crippen LogP contribution in [0.5, 0.6) is 5.75 Å². The van der Waals surface area contributed by atoms with Gasteiger partial charge in [-0.05, 0) is 49.7 Å². The first-order valence-corrected chi connectivity index (χ1v) is 10.5.